The fourth-order valence-corrected chi connectivity index (χ4v) is 2.89. The Hall–Kier alpha value is -2.33. The quantitative estimate of drug-likeness (QED) is 0.187. The highest BCUT2D eigenvalue weighted by Gasteiger charge is 2.08. The van der Waals surface area contributed by atoms with Gasteiger partial charge in [-0.3, -0.25) is 9.79 Å². The van der Waals surface area contributed by atoms with Crippen molar-refractivity contribution >= 4 is 41.5 Å². The van der Waals surface area contributed by atoms with Gasteiger partial charge in [0.25, 0.3) is 5.91 Å². The van der Waals surface area contributed by atoms with E-state index in [1.807, 2.05) is 24.3 Å². The van der Waals surface area contributed by atoms with Gasteiger partial charge in [-0.2, -0.15) is 0 Å². The number of rotatable bonds is 10. The Morgan fingerprint density at radius 1 is 1.03 bits per heavy atom. The fourth-order valence-electron chi connectivity index (χ4n) is 2.89. The molecule has 2 rings (SSSR count). The maximum Gasteiger partial charge on any atom is 0.253 e. The first-order chi connectivity index (χ1) is 14.5. The number of benzene rings is 2. The van der Waals surface area contributed by atoms with Crippen LogP contribution in [-0.2, 0) is 17.7 Å². The number of nitrogens with one attached hydrogen (secondary N) is 3. The number of hydrogen-bond acceptors (Lipinski definition) is 4. The van der Waals surface area contributed by atoms with Crippen LogP contribution < -0.4 is 16.0 Å². The summed E-state index contributed by atoms with van der Waals surface area (Å²) in [5, 5.41) is 9.95. The van der Waals surface area contributed by atoms with Gasteiger partial charge in [0.1, 0.15) is 0 Å². The molecular formula is C23H34IN5O2. The SMILES string of the molecule is CN=C(NCCc1cccc(C(=O)N(C)C)c1)NCc1ccc(NCCOC)cc1.I. The van der Waals surface area contributed by atoms with Crippen LogP contribution in [0.3, 0.4) is 0 Å². The summed E-state index contributed by atoms with van der Waals surface area (Å²) in [6.45, 7) is 2.88. The van der Waals surface area contributed by atoms with E-state index in [0.29, 0.717) is 18.7 Å². The molecule has 31 heavy (non-hydrogen) atoms. The molecule has 0 aliphatic rings. The summed E-state index contributed by atoms with van der Waals surface area (Å²) in [5.41, 5.74) is 4.07. The molecule has 0 bridgehead atoms. The molecule has 7 nitrogen and oxygen atoms in total. The van der Waals surface area contributed by atoms with Crippen molar-refractivity contribution in [2.24, 2.45) is 4.99 Å². The summed E-state index contributed by atoms with van der Waals surface area (Å²) < 4.78 is 5.04. The van der Waals surface area contributed by atoms with Crippen LogP contribution in [0.2, 0.25) is 0 Å². The van der Waals surface area contributed by atoms with Gasteiger partial charge in [-0.1, -0.05) is 24.3 Å². The van der Waals surface area contributed by atoms with Crippen LogP contribution in [0.4, 0.5) is 5.69 Å². The lowest BCUT2D eigenvalue weighted by Crippen LogP contribution is -2.37. The molecule has 0 atom stereocenters. The third-order valence-corrected chi connectivity index (χ3v) is 4.56. The molecule has 170 valence electrons. The van der Waals surface area contributed by atoms with Gasteiger partial charge in [-0.15, -0.1) is 24.0 Å². The number of carbonyl (C=O) groups excluding carboxylic acids is 1. The molecule has 0 radical (unpaired) electrons. The van der Waals surface area contributed by atoms with Gasteiger partial charge in [-0.05, 0) is 41.8 Å². The topological polar surface area (TPSA) is 78.0 Å². The third kappa shape index (κ3) is 9.56. The Bertz CT molecular complexity index is 825. The molecule has 2 aromatic carbocycles. The fraction of sp³-hybridized carbons (Fsp3) is 0.391. The van der Waals surface area contributed by atoms with Crippen LogP contribution in [0.15, 0.2) is 53.5 Å². The zero-order chi connectivity index (χ0) is 21.8. The van der Waals surface area contributed by atoms with Gasteiger partial charge in [0.05, 0.1) is 6.61 Å². The van der Waals surface area contributed by atoms with Crippen LogP contribution in [-0.4, -0.2) is 64.7 Å². The second kappa shape index (κ2) is 14.6. The van der Waals surface area contributed by atoms with Gasteiger partial charge in [0, 0.05) is 59.1 Å². The largest absolute Gasteiger partial charge is 0.383 e. The van der Waals surface area contributed by atoms with Crippen molar-refractivity contribution in [1.29, 1.82) is 0 Å². The normalized spacial score (nSPS) is 10.8. The van der Waals surface area contributed by atoms with E-state index in [2.05, 4.69) is 45.2 Å². The summed E-state index contributed by atoms with van der Waals surface area (Å²) in [4.78, 5) is 18.0. The number of guanidine groups is 1. The minimum Gasteiger partial charge on any atom is -0.383 e. The Balaban J connectivity index is 0.00000480. The molecule has 0 unspecified atom stereocenters. The van der Waals surface area contributed by atoms with Crippen LogP contribution >= 0.6 is 24.0 Å². The second-order valence-corrected chi connectivity index (χ2v) is 7.12. The second-order valence-electron chi connectivity index (χ2n) is 7.12. The number of hydrogen-bond donors (Lipinski definition) is 3. The molecule has 0 fully saturated rings. The summed E-state index contributed by atoms with van der Waals surface area (Å²) in [5.74, 6) is 0.764. The molecule has 0 saturated heterocycles. The molecule has 8 heteroatoms. The number of aliphatic imine (C=N–C) groups is 1. The predicted octanol–water partition coefficient (Wildman–Crippen LogP) is 2.97. The lowest BCUT2D eigenvalue weighted by Gasteiger charge is -2.13. The van der Waals surface area contributed by atoms with E-state index in [1.54, 1.807) is 33.2 Å². The number of halogens is 1. The van der Waals surface area contributed by atoms with Gasteiger partial charge >= 0.3 is 0 Å². The Labute approximate surface area is 202 Å². The van der Waals surface area contributed by atoms with Gasteiger partial charge in [0.15, 0.2) is 5.96 Å². The number of ether oxygens (including phenoxy) is 1. The van der Waals surface area contributed by atoms with E-state index in [1.165, 1.54) is 5.56 Å². The van der Waals surface area contributed by atoms with E-state index in [4.69, 9.17) is 4.74 Å². The highest BCUT2D eigenvalue weighted by atomic mass is 127. The average molecular weight is 539 g/mol. The van der Waals surface area contributed by atoms with E-state index >= 15 is 0 Å². The Morgan fingerprint density at radius 3 is 2.42 bits per heavy atom. The monoisotopic (exact) mass is 539 g/mol. The zero-order valence-corrected chi connectivity index (χ0v) is 21.1. The molecule has 1 amide bonds. The van der Waals surface area contributed by atoms with Crippen molar-refractivity contribution in [3.63, 3.8) is 0 Å². The van der Waals surface area contributed by atoms with Crippen LogP contribution in [0.5, 0.6) is 0 Å². The van der Waals surface area contributed by atoms with Crippen molar-refractivity contribution in [2.45, 2.75) is 13.0 Å². The number of amides is 1. The Kier molecular flexibility index (Phi) is 12.6. The molecule has 2 aromatic rings. The van der Waals surface area contributed by atoms with Gasteiger partial charge in [0.2, 0.25) is 0 Å². The first-order valence-electron chi connectivity index (χ1n) is 10.1. The first kappa shape index (κ1) is 26.7. The smallest absolute Gasteiger partial charge is 0.253 e. The lowest BCUT2D eigenvalue weighted by atomic mass is 10.1. The van der Waals surface area contributed by atoms with E-state index in [0.717, 1.165) is 36.7 Å². The zero-order valence-electron chi connectivity index (χ0n) is 18.8. The van der Waals surface area contributed by atoms with E-state index in [-0.39, 0.29) is 29.9 Å². The van der Waals surface area contributed by atoms with Crippen molar-refractivity contribution in [3.8, 4) is 0 Å². The standard InChI is InChI=1S/C23H33N5O2.HI/c1-24-23(27-17-19-8-10-21(11-9-19)25-14-15-30-4)26-13-12-18-6-5-7-20(16-18)22(29)28(2)3;/h5-11,16,25H,12-15,17H2,1-4H3,(H2,24,26,27);1H. The summed E-state index contributed by atoms with van der Waals surface area (Å²) in [7, 11) is 6.98. The van der Waals surface area contributed by atoms with Crippen LogP contribution in [0, 0.1) is 0 Å². The molecule has 0 aliphatic carbocycles. The maximum atomic E-state index is 12.1. The van der Waals surface area contributed by atoms with Crippen molar-refractivity contribution in [3.05, 3.63) is 65.2 Å². The van der Waals surface area contributed by atoms with E-state index in [9.17, 15) is 4.79 Å². The minimum atomic E-state index is 0. The van der Waals surface area contributed by atoms with Crippen molar-refractivity contribution in [2.75, 3.05) is 53.3 Å². The number of carbonyl (C=O) groups is 1. The first-order valence-corrected chi connectivity index (χ1v) is 10.1. The molecule has 0 heterocycles. The molecule has 0 aromatic heterocycles. The average Bonchev–Trinajstić information content (AvgIpc) is 2.76. The molecule has 3 N–H and O–H groups in total. The summed E-state index contributed by atoms with van der Waals surface area (Å²) >= 11 is 0. The number of nitrogens with zero attached hydrogens (tertiary/aromatic N) is 2. The van der Waals surface area contributed by atoms with Gasteiger partial charge < -0.3 is 25.6 Å². The number of methoxy groups -OCH3 is 1. The van der Waals surface area contributed by atoms with Crippen LogP contribution in [0.25, 0.3) is 0 Å². The predicted molar refractivity (Wildman–Crippen MR) is 139 cm³/mol. The highest BCUT2D eigenvalue weighted by Crippen LogP contribution is 2.09. The lowest BCUT2D eigenvalue weighted by molar-refractivity contribution is 0.0827. The molecule has 0 saturated carbocycles. The molecule has 0 spiro atoms. The van der Waals surface area contributed by atoms with Crippen molar-refractivity contribution < 1.29 is 9.53 Å². The summed E-state index contributed by atoms with van der Waals surface area (Å²) in [6, 6.07) is 16.0. The summed E-state index contributed by atoms with van der Waals surface area (Å²) in [6.07, 6.45) is 0.803. The van der Waals surface area contributed by atoms with E-state index < -0.39 is 0 Å². The minimum absolute atomic E-state index is 0. The third-order valence-electron chi connectivity index (χ3n) is 4.56. The van der Waals surface area contributed by atoms with Crippen LogP contribution in [0.1, 0.15) is 21.5 Å². The Morgan fingerprint density at radius 2 is 1.77 bits per heavy atom. The van der Waals surface area contributed by atoms with Gasteiger partial charge in [-0.25, -0.2) is 0 Å². The number of anilines is 1. The van der Waals surface area contributed by atoms with Crippen molar-refractivity contribution in [1.82, 2.24) is 15.5 Å². The highest BCUT2D eigenvalue weighted by molar-refractivity contribution is 14.0. The maximum absolute atomic E-state index is 12.1. The molecular weight excluding hydrogens is 505 g/mol. The molecule has 0 aliphatic heterocycles.